The summed E-state index contributed by atoms with van der Waals surface area (Å²) >= 11 is 12.4. The first kappa shape index (κ1) is 30.3. The van der Waals surface area contributed by atoms with Crippen LogP contribution in [0.1, 0.15) is 58.7 Å². The summed E-state index contributed by atoms with van der Waals surface area (Å²) in [7, 11) is 0. The molecule has 4 heterocycles. The van der Waals surface area contributed by atoms with Crippen LogP contribution in [0.15, 0.2) is 94.0 Å². The molecule has 0 unspecified atom stereocenters. The molecule has 0 spiro atoms. The highest BCUT2D eigenvalue weighted by atomic mass is 35.5. The van der Waals surface area contributed by atoms with Gasteiger partial charge in [-0.2, -0.15) is 0 Å². The molecule has 2 aliphatic rings. The van der Waals surface area contributed by atoms with Crippen molar-refractivity contribution in [1.82, 2.24) is 19.9 Å². The molecule has 0 aliphatic heterocycles. The molecule has 46 heavy (non-hydrogen) atoms. The molecule has 2 atom stereocenters. The van der Waals surface area contributed by atoms with Gasteiger partial charge in [0, 0.05) is 48.1 Å². The molecule has 6 nitrogen and oxygen atoms in total. The van der Waals surface area contributed by atoms with Gasteiger partial charge in [0.05, 0.1) is 11.4 Å². The number of hydrogen-bond donors (Lipinski definition) is 0. The van der Waals surface area contributed by atoms with E-state index in [0.717, 1.165) is 83.9 Å². The summed E-state index contributed by atoms with van der Waals surface area (Å²) < 4.78 is 38.2. The Morgan fingerprint density at radius 2 is 1.07 bits per heavy atom. The van der Waals surface area contributed by atoms with Crippen LogP contribution in [0.2, 0.25) is 10.0 Å². The van der Waals surface area contributed by atoms with Gasteiger partial charge >= 0.3 is 0 Å². The highest BCUT2D eigenvalue weighted by Crippen LogP contribution is 2.39. The molecule has 2 aromatic carbocycles. The Hall–Kier alpha value is -4.40. The number of oxazole rings is 2. The third-order valence-corrected chi connectivity index (χ3v) is 9.10. The lowest BCUT2D eigenvalue weighted by Crippen LogP contribution is -2.12. The van der Waals surface area contributed by atoms with Gasteiger partial charge in [0.15, 0.2) is 0 Å². The van der Waals surface area contributed by atoms with E-state index in [4.69, 9.17) is 32.0 Å². The van der Waals surface area contributed by atoms with E-state index < -0.39 is 0 Å². The fraction of sp³-hybridized carbons (Fsp3) is 0.222. The van der Waals surface area contributed by atoms with Crippen molar-refractivity contribution in [3.05, 3.63) is 141 Å². The molecule has 0 saturated heterocycles. The Bertz CT molecular complexity index is 1840. The van der Waals surface area contributed by atoms with Crippen molar-refractivity contribution in [2.45, 2.75) is 50.4 Å². The summed E-state index contributed by atoms with van der Waals surface area (Å²) in [4.78, 5) is 17.7. The Morgan fingerprint density at radius 3 is 1.46 bits per heavy atom. The summed E-state index contributed by atoms with van der Waals surface area (Å²) in [6.45, 7) is 0. The van der Waals surface area contributed by atoms with Crippen LogP contribution < -0.4 is 0 Å². The number of hydrogen-bond acceptors (Lipinski definition) is 6. The lowest BCUT2D eigenvalue weighted by atomic mass is 9.85. The molecule has 10 heteroatoms. The van der Waals surface area contributed by atoms with Crippen LogP contribution in [-0.4, -0.2) is 19.9 Å². The summed E-state index contributed by atoms with van der Waals surface area (Å²) in [5.41, 5.74) is 5.31. The molecule has 0 saturated carbocycles. The van der Waals surface area contributed by atoms with Gasteiger partial charge in [-0.1, -0.05) is 47.5 Å². The van der Waals surface area contributed by atoms with E-state index in [1.165, 1.54) is 24.3 Å². The van der Waals surface area contributed by atoms with Crippen molar-refractivity contribution in [1.29, 1.82) is 0 Å². The molecule has 4 aromatic heterocycles. The molecule has 2 aliphatic carbocycles. The third-order valence-electron chi connectivity index (χ3n) is 8.45. The molecule has 232 valence electrons. The zero-order valence-corrected chi connectivity index (χ0v) is 26.1. The summed E-state index contributed by atoms with van der Waals surface area (Å²) in [6.07, 6.45) is 8.36. The number of pyridine rings is 2. The maximum atomic E-state index is 13.2. The summed E-state index contributed by atoms with van der Waals surface area (Å²) in [5, 5.41) is 0.957. The second-order valence-electron chi connectivity index (χ2n) is 11.4. The first-order chi connectivity index (χ1) is 22.4. The standard InChI is InChI=1S/2C18H14ClFN2O/c2*19-14-10-12(20)5-6-13(14)11-4-7-17-16(9-11)22-18(23-17)15-3-1-2-8-21-15/h2*1-3,5-6,8,10-11H,4,7,9H2/t2*11-/m10/s1. The lowest BCUT2D eigenvalue weighted by Gasteiger charge is -2.21. The summed E-state index contributed by atoms with van der Waals surface area (Å²) in [5.74, 6) is 2.79. The topological polar surface area (TPSA) is 77.8 Å². The number of rotatable bonds is 4. The first-order valence-corrected chi connectivity index (χ1v) is 15.9. The quantitative estimate of drug-likeness (QED) is 0.188. The number of aryl methyl sites for hydroxylation is 2. The zero-order chi connectivity index (χ0) is 31.6. The third kappa shape index (κ3) is 6.46. The van der Waals surface area contributed by atoms with Gasteiger partial charge in [-0.05, 0) is 84.3 Å². The second kappa shape index (κ2) is 13.1. The maximum absolute atomic E-state index is 13.2. The minimum atomic E-state index is -0.311. The molecule has 6 aromatic rings. The van der Waals surface area contributed by atoms with Crippen molar-refractivity contribution >= 4 is 23.2 Å². The van der Waals surface area contributed by atoms with Crippen molar-refractivity contribution in [2.24, 2.45) is 0 Å². The van der Waals surface area contributed by atoms with Crippen LogP contribution in [0.5, 0.6) is 0 Å². The van der Waals surface area contributed by atoms with E-state index in [0.29, 0.717) is 21.8 Å². The fourth-order valence-electron chi connectivity index (χ4n) is 6.15. The van der Waals surface area contributed by atoms with Crippen molar-refractivity contribution in [3.63, 3.8) is 0 Å². The lowest BCUT2D eigenvalue weighted by molar-refractivity contribution is 0.464. The van der Waals surface area contributed by atoms with Gasteiger partial charge in [-0.25, -0.2) is 18.7 Å². The molecule has 0 radical (unpaired) electrons. The molecule has 0 fully saturated rings. The molecule has 8 rings (SSSR count). The number of benzene rings is 2. The minimum absolute atomic E-state index is 0.234. The van der Waals surface area contributed by atoms with Gasteiger partial charge in [-0.15, -0.1) is 0 Å². The average Bonchev–Trinajstić information content (AvgIpc) is 3.70. The van der Waals surface area contributed by atoms with Crippen molar-refractivity contribution in [2.75, 3.05) is 0 Å². The van der Waals surface area contributed by atoms with Gasteiger partial charge in [-0.3, -0.25) is 9.97 Å². The van der Waals surface area contributed by atoms with Crippen molar-refractivity contribution in [3.8, 4) is 23.2 Å². The largest absolute Gasteiger partial charge is 0.440 e. The molecular weight excluding hydrogens is 629 g/mol. The molecular formula is C36H28Cl2F2N4O2. The average molecular weight is 658 g/mol. The van der Waals surface area contributed by atoms with E-state index in [9.17, 15) is 8.78 Å². The number of nitrogens with zero attached hydrogens (tertiary/aromatic N) is 4. The van der Waals surface area contributed by atoms with E-state index in [1.807, 2.05) is 36.4 Å². The van der Waals surface area contributed by atoms with Crippen LogP contribution in [0, 0.1) is 11.6 Å². The highest BCUT2D eigenvalue weighted by Gasteiger charge is 2.28. The van der Waals surface area contributed by atoms with E-state index in [2.05, 4.69) is 19.9 Å². The Kier molecular flexibility index (Phi) is 8.65. The number of aromatic nitrogens is 4. The van der Waals surface area contributed by atoms with Gasteiger partial charge < -0.3 is 8.83 Å². The van der Waals surface area contributed by atoms with Crippen molar-refractivity contribution < 1.29 is 17.6 Å². The van der Waals surface area contributed by atoms with E-state index in [1.54, 1.807) is 24.5 Å². The fourth-order valence-corrected chi connectivity index (χ4v) is 6.79. The van der Waals surface area contributed by atoms with Crippen LogP contribution in [0.4, 0.5) is 8.78 Å². The minimum Gasteiger partial charge on any atom is -0.440 e. The maximum Gasteiger partial charge on any atom is 0.245 e. The van der Waals surface area contributed by atoms with Gasteiger partial charge in [0.2, 0.25) is 11.8 Å². The van der Waals surface area contributed by atoms with Gasteiger partial charge in [0.25, 0.3) is 0 Å². The van der Waals surface area contributed by atoms with Crippen LogP contribution in [0.3, 0.4) is 0 Å². The SMILES string of the molecule is Fc1ccc([C@@H]2CCc3oc(-c4ccccn4)nc3C2)c(Cl)c1.Fc1ccc([C@H]2CCc3oc(-c4ccccn4)nc3C2)c(Cl)c1. The Balaban J connectivity index is 0.000000147. The van der Waals surface area contributed by atoms with Gasteiger partial charge in [0.1, 0.15) is 34.5 Å². The predicted molar refractivity (Wildman–Crippen MR) is 172 cm³/mol. The first-order valence-electron chi connectivity index (χ1n) is 15.1. The monoisotopic (exact) mass is 656 g/mol. The molecule has 0 bridgehead atoms. The summed E-state index contributed by atoms with van der Waals surface area (Å²) in [6, 6.07) is 20.5. The number of halogens is 4. The Morgan fingerprint density at radius 1 is 0.609 bits per heavy atom. The van der Waals surface area contributed by atoms with E-state index in [-0.39, 0.29) is 23.5 Å². The van der Waals surface area contributed by atoms with Crippen LogP contribution in [-0.2, 0) is 25.7 Å². The Labute approximate surface area is 274 Å². The van der Waals surface area contributed by atoms with Crippen LogP contribution >= 0.6 is 23.2 Å². The van der Waals surface area contributed by atoms with E-state index >= 15 is 0 Å². The van der Waals surface area contributed by atoms with Crippen LogP contribution in [0.25, 0.3) is 23.2 Å². The number of fused-ring (bicyclic) bond motifs is 2. The predicted octanol–water partition coefficient (Wildman–Crippen LogP) is 9.60. The highest BCUT2D eigenvalue weighted by molar-refractivity contribution is 6.31. The molecule has 0 N–H and O–H groups in total. The second-order valence-corrected chi connectivity index (χ2v) is 12.2. The zero-order valence-electron chi connectivity index (χ0n) is 24.6. The normalized spacial score (nSPS) is 17.0. The molecule has 0 amide bonds. The smallest absolute Gasteiger partial charge is 0.245 e.